The fourth-order valence-electron chi connectivity index (χ4n) is 4.53. The van der Waals surface area contributed by atoms with E-state index in [4.69, 9.17) is 0 Å². The SMILES string of the molecule is CN(C)C1(c2ccccc2)CCC2(CC1)CNC(=O)N2CC(=O)OC(=O)C(F)(F)F. The number of hydrogen-bond acceptors (Lipinski definition) is 5. The molecule has 0 radical (unpaired) electrons. The molecule has 2 amide bonds. The zero-order valence-electron chi connectivity index (χ0n) is 16.8. The van der Waals surface area contributed by atoms with Gasteiger partial charge in [0.1, 0.15) is 6.54 Å². The van der Waals surface area contributed by atoms with Gasteiger partial charge in [0, 0.05) is 12.1 Å². The van der Waals surface area contributed by atoms with Crippen LogP contribution in [-0.2, 0) is 19.9 Å². The van der Waals surface area contributed by atoms with Gasteiger partial charge in [-0.25, -0.2) is 14.4 Å². The fourth-order valence-corrected chi connectivity index (χ4v) is 4.53. The van der Waals surface area contributed by atoms with E-state index >= 15 is 0 Å². The lowest BCUT2D eigenvalue weighted by atomic mass is 9.68. The molecule has 1 aliphatic carbocycles. The zero-order chi connectivity index (χ0) is 22.2. The van der Waals surface area contributed by atoms with Crippen LogP contribution in [-0.4, -0.2) is 66.7 Å². The Morgan fingerprint density at radius 1 is 1.13 bits per heavy atom. The number of urea groups is 1. The van der Waals surface area contributed by atoms with E-state index in [0.717, 1.165) is 5.56 Å². The Kier molecular flexibility index (Phi) is 5.81. The molecule has 1 aromatic carbocycles. The Hall–Kier alpha value is -2.62. The van der Waals surface area contributed by atoms with E-state index in [9.17, 15) is 27.6 Å². The lowest BCUT2D eigenvalue weighted by Gasteiger charge is -2.50. The summed E-state index contributed by atoms with van der Waals surface area (Å²) in [6, 6.07) is 9.41. The quantitative estimate of drug-likeness (QED) is 0.590. The van der Waals surface area contributed by atoms with Crippen molar-refractivity contribution in [2.75, 3.05) is 27.2 Å². The van der Waals surface area contributed by atoms with E-state index in [1.54, 1.807) is 0 Å². The van der Waals surface area contributed by atoms with Gasteiger partial charge in [-0.3, -0.25) is 4.90 Å². The van der Waals surface area contributed by atoms with Crippen molar-refractivity contribution in [3.05, 3.63) is 35.9 Å². The van der Waals surface area contributed by atoms with Gasteiger partial charge in [0.25, 0.3) is 0 Å². The third-order valence-corrected chi connectivity index (χ3v) is 6.29. The third-order valence-electron chi connectivity index (χ3n) is 6.29. The van der Waals surface area contributed by atoms with Crippen LogP contribution >= 0.6 is 0 Å². The highest BCUT2D eigenvalue weighted by Gasteiger charge is 2.53. The van der Waals surface area contributed by atoms with E-state index in [-0.39, 0.29) is 12.1 Å². The van der Waals surface area contributed by atoms with Crippen LogP contribution in [0.2, 0.25) is 0 Å². The Balaban J connectivity index is 1.75. The van der Waals surface area contributed by atoms with Crippen molar-refractivity contribution in [2.24, 2.45) is 0 Å². The molecule has 7 nitrogen and oxygen atoms in total. The summed E-state index contributed by atoms with van der Waals surface area (Å²) < 4.78 is 40.9. The van der Waals surface area contributed by atoms with Crippen LogP contribution in [0.25, 0.3) is 0 Å². The van der Waals surface area contributed by atoms with Crippen LogP contribution in [0.1, 0.15) is 31.2 Å². The second-order valence-electron chi connectivity index (χ2n) is 8.02. The summed E-state index contributed by atoms with van der Waals surface area (Å²) in [6.45, 7) is -0.432. The van der Waals surface area contributed by atoms with E-state index < -0.39 is 36.2 Å². The number of nitrogens with one attached hydrogen (secondary N) is 1. The number of ether oxygens (including phenoxy) is 1. The van der Waals surface area contributed by atoms with Gasteiger partial charge in [0.2, 0.25) is 0 Å². The van der Waals surface area contributed by atoms with Gasteiger partial charge in [-0.15, -0.1) is 0 Å². The van der Waals surface area contributed by atoms with Crippen molar-refractivity contribution in [3.8, 4) is 0 Å². The first-order valence-corrected chi connectivity index (χ1v) is 9.60. The highest BCUT2D eigenvalue weighted by atomic mass is 19.4. The Morgan fingerprint density at radius 3 is 2.27 bits per heavy atom. The second-order valence-corrected chi connectivity index (χ2v) is 8.02. The molecule has 1 aliphatic heterocycles. The summed E-state index contributed by atoms with van der Waals surface area (Å²) in [4.78, 5) is 38.5. The molecule has 1 aromatic rings. The summed E-state index contributed by atoms with van der Waals surface area (Å²) in [5.74, 6) is -3.98. The Morgan fingerprint density at radius 2 is 1.73 bits per heavy atom. The average Bonchev–Trinajstić information content (AvgIpc) is 2.98. The summed E-state index contributed by atoms with van der Waals surface area (Å²) in [5, 5.41) is 2.67. The summed E-state index contributed by atoms with van der Waals surface area (Å²) in [5.41, 5.74) is 0.172. The average molecular weight is 427 g/mol. The predicted octanol–water partition coefficient (Wildman–Crippen LogP) is 2.41. The highest BCUT2D eigenvalue weighted by molar-refractivity contribution is 5.91. The third kappa shape index (κ3) is 4.00. The molecular formula is C20H24F3N3O4. The minimum absolute atomic E-state index is 0.253. The fraction of sp³-hybridized carbons (Fsp3) is 0.550. The number of esters is 2. The maximum atomic E-state index is 12.3. The minimum Gasteiger partial charge on any atom is -0.385 e. The lowest BCUT2D eigenvalue weighted by molar-refractivity contribution is -0.202. The van der Waals surface area contributed by atoms with Crippen LogP contribution in [0.3, 0.4) is 0 Å². The van der Waals surface area contributed by atoms with Crippen molar-refractivity contribution in [1.82, 2.24) is 15.1 Å². The first-order chi connectivity index (χ1) is 14.0. The van der Waals surface area contributed by atoms with Crippen molar-refractivity contribution in [3.63, 3.8) is 0 Å². The number of amides is 2. The summed E-state index contributed by atoms with van der Waals surface area (Å²) in [6.07, 6.45) is -2.82. The molecule has 164 valence electrons. The molecule has 3 rings (SSSR count). The van der Waals surface area contributed by atoms with Crippen LogP contribution in [0, 0.1) is 0 Å². The number of nitrogens with zero attached hydrogens (tertiary/aromatic N) is 2. The monoisotopic (exact) mass is 427 g/mol. The van der Waals surface area contributed by atoms with Crippen LogP contribution < -0.4 is 5.32 Å². The maximum Gasteiger partial charge on any atom is 0.491 e. The van der Waals surface area contributed by atoms with E-state index in [2.05, 4.69) is 15.0 Å². The summed E-state index contributed by atoms with van der Waals surface area (Å²) in [7, 11) is 3.97. The van der Waals surface area contributed by atoms with Crippen molar-refractivity contribution < 1.29 is 32.3 Å². The van der Waals surface area contributed by atoms with Crippen molar-refractivity contribution in [2.45, 2.75) is 42.9 Å². The number of carbonyl (C=O) groups is 3. The van der Waals surface area contributed by atoms with Crippen molar-refractivity contribution in [1.29, 1.82) is 0 Å². The number of carbonyl (C=O) groups excluding carboxylic acids is 3. The van der Waals surface area contributed by atoms with Crippen LogP contribution in [0.15, 0.2) is 30.3 Å². The van der Waals surface area contributed by atoms with Crippen LogP contribution in [0.5, 0.6) is 0 Å². The van der Waals surface area contributed by atoms with Gasteiger partial charge in [-0.05, 0) is 45.3 Å². The molecule has 10 heteroatoms. The minimum atomic E-state index is -5.27. The van der Waals surface area contributed by atoms with Gasteiger partial charge in [-0.1, -0.05) is 30.3 Å². The Bertz CT molecular complexity index is 818. The molecule has 30 heavy (non-hydrogen) atoms. The highest BCUT2D eigenvalue weighted by Crippen LogP contribution is 2.47. The second kappa shape index (κ2) is 7.90. The summed E-state index contributed by atoms with van der Waals surface area (Å²) >= 11 is 0. The molecule has 1 saturated carbocycles. The van der Waals surface area contributed by atoms with Crippen molar-refractivity contribution >= 4 is 18.0 Å². The number of hydrogen-bond donors (Lipinski definition) is 1. The lowest BCUT2D eigenvalue weighted by Crippen LogP contribution is -2.56. The molecule has 0 unspecified atom stereocenters. The number of alkyl halides is 3. The Labute approximate surface area is 172 Å². The first-order valence-electron chi connectivity index (χ1n) is 9.60. The first kappa shape index (κ1) is 22.1. The van der Waals surface area contributed by atoms with Crippen LogP contribution in [0.4, 0.5) is 18.0 Å². The van der Waals surface area contributed by atoms with Gasteiger partial charge < -0.3 is 15.0 Å². The topological polar surface area (TPSA) is 79.0 Å². The number of rotatable bonds is 4. The molecule has 1 N–H and O–H groups in total. The van der Waals surface area contributed by atoms with Gasteiger partial charge in [0.15, 0.2) is 0 Å². The van der Waals surface area contributed by atoms with E-state index in [0.29, 0.717) is 25.7 Å². The van der Waals surface area contributed by atoms with Gasteiger partial charge >= 0.3 is 24.1 Å². The van der Waals surface area contributed by atoms with Gasteiger partial charge in [0.05, 0.1) is 5.54 Å². The standard InChI is InChI=1S/C20H24F3N3O4/c1-25(2)19(14-6-4-3-5-7-14)10-8-18(9-11-19)13-24-17(29)26(18)12-15(27)30-16(28)20(21,22)23/h3-7H,8-13H2,1-2H3,(H,24,29). The molecular weight excluding hydrogens is 403 g/mol. The molecule has 1 saturated heterocycles. The van der Waals surface area contributed by atoms with E-state index in [1.807, 2.05) is 44.4 Å². The number of benzene rings is 1. The smallest absolute Gasteiger partial charge is 0.385 e. The largest absolute Gasteiger partial charge is 0.491 e. The molecule has 0 bridgehead atoms. The normalized spacial score (nSPS) is 26.7. The molecule has 2 fully saturated rings. The maximum absolute atomic E-state index is 12.3. The number of halogens is 3. The predicted molar refractivity (Wildman–Crippen MR) is 100 cm³/mol. The molecule has 1 spiro atoms. The molecule has 2 aliphatic rings. The van der Waals surface area contributed by atoms with E-state index in [1.165, 1.54) is 4.90 Å². The zero-order valence-corrected chi connectivity index (χ0v) is 16.8. The molecule has 0 aromatic heterocycles. The molecule has 1 heterocycles. The molecule has 0 atom stereocenters. The van der Waals surface area contributed by atoms with Gasteiger partial charge in [-0.2, -0.15) is 13.2 Å².